The second-order valence-corrected chi connectivity index (χ2v) is 4.97. The molecule has 1 aliphatic rings. The Morgan fingerprint density at radius 1 is 1.40 bits per heavy atom. The maximum atomic E-state index is 11.7. The molecule has 0 unspecified atom stereocenters. The maximum Gasteiger partial charge on any atom is 0.279 e. The van der Waals surface area contributed by atoms with Gasteiger partial charge in [-0.3, -0.25) is 0 Å². The van der Waals surface area contributed by atoms with Crippen LogP contribution in [-0.4, -0.2) is 45.6 Å². The van der Waals surface area contributed by atoms with Gasteiger partial charge in [-0.15, -0.1) is 12.3 Å². The number of hydrogen-bond donors (Lipinski definition) is 1. The summed E-state index contributed by atoms with van der Waals surface area (Å²) in [5, 5.41) is 0. The van der Waals surface area contributed by atoms with E-state index in [2.05, 4.69) is 10.6 Å². The lowest BCUT2D eigenvalue weighted by molar-refractivity contribution is 0.0725. The Balaban J connectivity index is 2.34. The number of unbranched alkanes of at least 4 members (excludes halogenated alkanes) is 1. The quantitative estimate of drug-likeness (QED) is 0.517. The molecule has 0 saturated carbocycles. The second kappa shape index (κ2) is 6.08. The zero-order chi connectivity index (χ0) is 11.1. The molecule has 1 fully saturated rings. The zero-order valence-corrected chi connectivity index (χ0v) is 9.42. The highest BCUT2D eigenvalue weighted by Crippen LogP contribution is 2.02. The van der Waals surface area contributed by atoms with Gasteiger partial charge in [0.1, 0.15) is 0 Å². The van der Waals surface area contributed by atoms with Gasteiger partial charge >= 0.3 is 0 Å². The van der Waals surface area contributed by atoms with Crippen LogP contribution in [0.4, 0.5) is 0 Å². The minimum Gasteiger partial charge on any atom is -0.379 e. The summed E-state index contributed by atoms with van der Waals surface area (Å²) in [6.07, 6.45) is 6.32. The summed E-state index contributed by atoms with van der Waals surface area (Å²) in [4.78, 5) is 0. The summed E-state index contributed by atoms with van der Waals surface area (Å²) < 4.78 is 32.3. The molecule has 1 heterocycles. The summed E-state index contributed by atoms with van der Waals surface area (Å²) in [6.45, 7) is 2.16. The highest BCUT2D eigenvalue weighted by atomic mass is 32.2. The van der Waals surface area contributed by atoms with E-state index in [1.54, 1.807) is 0 Å². The van der Waals surface area contributed by atoms with Crippen LogP contribution in [0.3, 0.4) is 0 Å². The molecular formula is C9H16N2O3S. The third-order valence-electron chi connectivity index (χ3n) is 2.09. The Morgan fingerprint density at radius 2 is 2.07 bits per heavy atom. The van der Waals surface area contributed by atoms with Gasteiger partial charge in [-0.25, -0.2) is 4.72 Å². The Kier molecular flexibility index (Phi) is 5.05. The largest absolute Gasteiger partial charge is 0.379 e. The highest BCUT2D eigenvalue weighted by Gasteiger charge is 2.23. The minimum absolute atomic E-state index is 0.393. The van der Waals surface area contributed by atoms with Gasteiger partial charge in [-0.05, 0) is 6.42 Å². The molecule has 1 rings (SSSR count). The van der Waals surface area contributed by atoms with Gasteiger partial charge in [-0.2, -0.15) is 12.7 Å². The monoisotopic (exact) mass is 232 g/mol. The minimum atomic E-state index is -3.33. The molecule has 1 N–H and O–H groups in total. The predicted octanol–water partition coefficient (Wildman–Crippen LogP) is -0.434. The Morgan fingerprint density at radius 3 is 2.67 bits per heavy atom. The van der Waals surface area contributed by atoms with Crippen molar-refractivity contribution in [2.45, 2.75) is 12.8 Å². The number of terminal acetylenes is 1. The van der Waals surface area contributed by atoms with Gasteiger partial charge in [-0.1, -0.05) is 0 Å². The molecule has 1 saturated heterocycles. The summed E-state index contributed by atoms with van der Waals surface area (Å²) in [6, 6.07) is 0. The molecule has 1 aliphatic heterocycles. The smallest absolute Gasteiger partial charge is 0.279 e. The van der Waals surface area contributed by atoms with Gasteiger partial charge in [0.05, 0.1) is 13.2 Å². The predicted molar refractivity (Wildman–Crippen MR) is 57.4 cm³/mol. The van der Waals surface area contributed by atoms with Crippen molar-refractivity contribution in [3.63, 3.8) is 0 Å². The molecule has 0 bridgehead atoms. The molecule has 0 aliphatic carbocycles. The first kappa shape index (κ1) is 12.5. The Labute approximate surface area is 91.0 Å². The number of hydrogen-bond acceptors (Lipinski definition) is 3. The standard InChI is InChI=1S/C9H16N2O3S/c1-2-3-4-5-10-15(12,13)11-6-8-14-9-7-11/h1,10H,3-9H2. The number of morpholine rings is 1. The van der Waals surface area contributed by atoms with Crippen molar-refractivity contribution >= 4 is 10.2 Å². The van der Waals surface area contributed by atoms with E-state index in [1.807, 2.05) is 0 Å². The molecule has 0 radical (unpaired) electrons. The number of nitrogens with one attached hydrogen (secondary N) is 1. The lowest BCUT2D eigenvalue weighted by Gasteiger charge is -2.25. The fourth-order valence-corrected chi connectivity index (χ4v) is 2.48. The zero-order valence-electron chi connectivity index (χ0n) is 8.61. The van der Waals surface area contributed by atoms with Crippen LogP contribution in [0.5, 0.6) is 0 Å². The lowest BCUT2D eigenvalue weighted by atomic mass is 10.3. The van der Waals surface area contributed by atoms with Gasteiger partial charge in [0.25, 0.3) is 10.2 Å². The van der Waals surface area contributed by atoms with Crippen molar-refractivity contribution in [1.82, 2.24) is 9.03 Å². The highest BCUT2D eigenvalue weighted by molar-refractivity contribution is 7.87. The molecule has 0 aromatic heterocycles. The molecule has 0 spiro atoms. The van der Waals surface area contributed by atoms with Crippen LogP contribution < -0.4 is 4.72 Å². The Bertz CT molecular complexity index is 315. The summed E-state index contributed by atoms with van der Waals surface area (Å²) in [5.74, 6) is 2.47. The van der Waals surface area contributed by atoms with Crippen molar-refractivity contribution < 1.29 is 13.2 Å². The Hall–Kier alpha value is -0.610. The number of ether oxygens (including phenoxy) is 1. The molecule has 6 heteroatoms. The number of nitrogens with zero attached hydrogens (tertiary/aromatic N) is 1. The molecule has 0 aromatic carbocycles. The fourth-order valence-electron chi connectivity index (χ4n) is 1.27. The third-order valence-corrected chi connectivity index (χ3v) is 3.71. The van der Waals surface area contributed by atoms with E-state index in [1.165, 1.54) is 4.31 Å². The molecule has 5 nitrogen and oxygen atoms in total. The molecule has 0 amide bonds. The topological polar surface area (TPSA) is 58.6 Å². The first-order valence-corrected chi connectivity index (χ1v) is 6.37. The first-order valence-electron chi connectivity index (χ1n) is 4.93. The van der Waals surface area contributed by atoms with Crippen molar-refractivity contribution in [3.8, 4) is 12.3 Å². The molecule has 0 aromatic rings. The van der Waals surface area contributed by atoms with Crippen LogP contribution >= 0.6 is 0 Å². The lowest BCUT2D eigenvalue weighted by Crippen LogP contribution is -2.46. The van der Waals surface area contributed by atoms with Crippen molar-refractivity contribution in [3.05, 3.63) is 0 Å². The maximum absolute atomic E-state index is 11.7. The second-order valence-electron chi connectivity index (χ2n) is 3.22. The van der Waals surface area contributed by atoms with Crippen LogP contribution in [0.1, 0.15) is 12.8 Å². The SMILES string of the molecule is C#CCCCNS(=O)(=O)N1CCOCC1. The van der Waals surface area contributed by atoms with Gasteiger partial charge in [0.2, 0.25) is 0 Å². The normalized spacial score (nSPS) is 18.6. The van der Waals surface area contributed by atoms with Gasteiger partial charge in [0.15, 0.2) is 0 Å². The van der Waals surface area contributed by atoms with E-state index in [9.17, 15) is 8.42 Å². The van der Waals surface area contributed by atoms with E-state index in [-0.39, 0.29) is 0 Å². The summed E-state index contributed by atoms with van der Waals surface area (Å²) in [5.41, 5.74) is 0. The van der Waals surface area contributed by atoms with Crippen LogP contribution in [0.25, 0.3) is 0 Å². The van der Waals surface area contributed by atoms with Crippen LogP contribution in [-0.2, 0) is 14.9 Å². The molecule has 15 heavy (non-hydrogen) atoms. The van der Waals surface area contributed by atoms with Gasteiger partial charge < -0.3 is 4.74 Å². The molecular weight excluding hydrogens is 216 g/mol. The fraction of sp³-hybridized carbons (Fsp3) is 0.778. The van der Waals surface area contributed by atoms with Crippen LogP contribution in [0.15, 0.2) is 0 Å². The van der Waals surface area contributed by atoms with Crippen molar-refractivity contribution in [2.75, 3.05) is 32.8 Å². The van der Waals surface area contributed by atoms with E-state index in [4.69, 9.17) is 11.2 Å². The summed E-state index contributed by atoms with van der Waals surface area (Å²) in [7, 11) is -3.33. The summed E-state index contributed by atoms with van der Waals surface area (Å²) >= 11 is 0. The average Bonchev–Trinajstić information content (AvgIpc) is 2.26. The molecule has 86 valence electrons. The van der Waals surface area contributed by atoms with Crippen LogP contribution in [0, 0.1) is 12.3 Å². The van der Waals surface area contributed by atoms with Gasteiger partial charge in [0, 0.05) is 26.1 Å². The number of rotatable bonds is 5. The van der Waals surface area contributed by atoms with E-state index in [0.29, 0.717) is 45.7 Å². The average molecular weight is 232 g/mol. The molecule has 0 atom stereocenters. The van der Waals surface area contributed by atoms with E-state index in [0.717, 1.165) is 0 Å². The van der Waals surface area contributed by atoms with Crippen molar-refractivity contribution in [1.29, 1.82) is 0 Å². The van der Waals surface area contributed by atoms with Crippen LogP contribution in [0.2, 0.25) is 0 Å². The van der Waals surface area contributed by atoms with E-state index < -0.39 is 10.2 Å². The van der Waals surface area contributed by atoms with E-state index >= 15 is 0 Å². The third kappa shape index (κ3) is 4.18. The first-order chi connectivity index (χ1) is 7.17. The van der Waals surface area contributed by atoms with Crippen molar-refractivity contribution in [2.24, 2.45) is 0 Å².